The fourth-order valence-electron chi connectivity index (χ4n) is 1.62. The molecular formula is C14H20O3. The number of benzene rings is 1. The van der Waals surface area contributed by atoms with E-state index in [2.05, 4.69) is 6.07 Å². The predicted molar refractivity (Wildman–Crippen MR) is 67.6 cm³/mol. The second-order valence-corrected chi connectivity index (χ2v) is 4.70. The fraction of sp³-hybridized carbons (Fsp3) is 0.500. The van der Waals surface area contributed by atoms with Crippen molar-refractivity contribution in [3.05, 3.63) is 28.8 Å². The van der Waals surface area contributed by atoms with Gasteiger partial charge in [0, 0.05) is 0 Å². The van der Waals surface area contributed by atoms with E-state index in [1.54, 1.807) is 6.92 Å². The van der Waals surface area contributed by atoms with Crippen LogP contribution in [0.4, 0.5) is 0 Å². The second kappa shape index (κ2) is 4.78. The maximum Gasteiger partial charge on any atom is 0.347 e. The molecule has 3 heteroatoms. The van der Waals surface area contributed by atoms with Gasteiger partial charge >= 0.3 is 5.97 Å². The molecule has 1 unspecified atom stereocenters. The third-order valence-electron chi connectivity index (χ3n) is 3.23. The van der Waals surface area contributed by atoms with Crippen LogP contribution in [0.5, 0.6) is 5.75 Å². The van der Waals surface area contributed by atoms with E-state index in [0.717, 1.165) is 16.7 Å². The molecule has 0 heterocycles. The minimum absolute atomic E-state index is 0.425. The highest BCUT2D eigenvalue weighted by atomic mass is 16.5. The van der Waals surface area contributed by atoms with Crippen LogP contribution in [0.2, 0.25) is 0 Å². The lowest BCUT2D eigenvalue weighted by Crippen LogP contribution is -2.40. The van der Waals surface area contributed by atoms with Gasteiger partial charge < -0.3 is 9.84 Å². The first kappa shape index (κ1) is 13.6. The Kier molecular flexibility index (Phi) is 3.81. The zero-order valence-corrected chi connectivity index (χ0v) is 11.1. The zero-order valence-electron chi connectivity index (χ0n) is 11.1. The van der Waals surface area contributed by atoms with E-state index >= 15 is 0 Å². The molecule has 1 aromatic rings. The maximum atomic E-state index is 11.2. The van der Waals surface area contributed by atoms with Crippen molar-refractivity contribution in [3.8, 4) is 5.75 Å². The number of aliphatic carboxylic acids is 1. The molecule has 0 spiro atoms. The number of carbonyl (C=O) groups is 1. The summed E-state index contributed by atoms with van der Waals surface area (Å²) in [4.78, 5) is 11.2. The Morgan fingerprint density at radius 3 is 2.41 bits per heavy atom. The highest BCUT2D eigenvalue weighted by molar-refractivity contribution is 5.77. The number of ether oxygens (including phenoxy) is 1. The summed E-state index contributed by atoms with van der Waals surface area (Å²) >= 11 is 0. The minimum atomic E-state index is -1.16. The van der Waals surface area contributed by atoms with E-state index in [1.165, 1.54) is 0 Å². The largest absolute Gasteiger partial charge is 0.478 e. The van der Waals surface area contributed by atoms with Gasteiger partial charge in [-0.15, -0.1) is 0 Å². The molecule has 1 N–H and O–H groups in total. The van der Waals surface area contributed by atoms with Crippen molar-refractivity contribution in [1.82, 2.24) is 0 Å². The third kappa shape index (κ3) is 2.78. The number of carboxylic acids is 1. The molecule has 0 aromatic heterocycles. The lowest BCUT2D eigenvalue weighted by molar-refractivity contribution is -0.154. The van der Waals surface area contributed by atoms with Crippen LogP contribution in [0.1, 0.15) is 37.0 Å². The quantitative estimate of drug-likeness (QED) is 0.873. The molecule has 0 aliphatic heterocycles. The molecule has 0 radical (unpaired) electrons. The summed E-state index contributed by atoms with van der Waals surface area (Å²) in [5.74, 6) is -0.271. The first-order valence-corrected chi connectivity index (χ1v) is 5.80. The molecule has 0 aliphatic rings. The van der Waals surface area contributed by atoms with Gasteiger partial charge in [0.05, 0.1) is 0 Å². The van der Waals surface area contributed by atoms with Crippen molar-refractivity contribution < 1.29 is 14.6 Å². The molecule has 1 aromatic carbocycles. The number of rotatable bonds is 4. The number of hydrogen-bond donors (Lipinski definition) is 1. The van der Waals surface area contributed by atoms with Crippen molar-refractivity contribution in [1.29, 1.82) is 0 Å². The van der Waals surface area contributed by atoms with Crippen LogP contribution >= 0.6 is 0 Å². The van der Waals surface area contributed by atoms with Crippen molar-refractivity contribution in [2.24, 2.45) is 0 Å². The maximum absolute atomic E-state index is 11.2. The predicted octanol–water partition coefficient (Wildman–Crippen LogP) is 3.24. The fourth-order valence-corrected chi connectivity index (χ4v) is 1.62. The van der Waals surface area contributed by atoms with Crippen LogP contribution in [-0.4, -0.2) is 16.7 Å². The average Bonchev–Trinajstić information content (AvgIpc) is 2.24. The Hall–Kier alpha value is -1.51. The smallest absolute Gasteiger partial charge is 0.347 e. The molecule has 94 valence electrons. The lowest BCUT2D eigenvalue weighted by Gasteiger charge is -2.26. The van der Waals surface area contributed by atoms with Gasteiger partial charge in [0.2, 0.25) is 5.60 Å². The standard InChI is InChI=1S/C14H20O3/c1-6-14(5,13(15)16)17-12-8-9(2)7-10(3)11(12)4/h7-8H,6H2,1-5H3,(H,15,16). The van der Waals surface area contributed by atoms with Crippen molar-refractivity contribution >= 4 is 5.97 Å². The molecule has 1 rings (SSSR count). The average molecular weight is 236 g/mol. The topological polar surface area (TPSA) is 46.5 Å². The van der Waals surface area contributed by atoms with E-state index in [1.807, 2.05) is 33.8 Å². The summed E-state index contributed by atoms with van der Waals surface area (Å²) in [5.41, 5.74) is 2.03. The van der Waals surface area contributed by atoms with E-state index in [-0.39, 0.29) is 0 Å². The number of aryl methyl sites for hydroxylation is 2. The first-order valence-electron chi connectivity index (χ1n) is 5.80. The molecule has 0 saturated heterocycles. The molecule has 3 nitrogen and oxygen atoms in total. The van der Waals surface area contributed by atoms with Crippen molar-refractivity contribution in [2.45, 2.75) is 46.6 Å². The zero-order chi connectivity index (χ0) is 13.2. The van der Waals surface area contributed by atoms with E-state index in [9.17, 15) is 9.90 Å². The summed E-state index contributed by atoms with van der Waals surface area (Å²) < 4.78 is 5.71. The van der Waals surface area contributed by atoms with Gasteiger partial charge in [0.25, 0.3) is 0 Å². The highest BCUT2D eigenvalue weighted by Crippen LogP contribution is 2.28. The Labute approximate surface area is 102 Å². The monoisotopic (exact) mass is 236 g/mol. The molecular weight excluding hydrogens is 216 g/mol. The minimum Gasteiger partial charge on any atom is -0.478 e. The summed E-state index contributed by atoms with van der Waals surface area (Å²) in [6.45, 7) is 9.34. The van der Waals surface area contributed by atoms with E-state index in [0.29, 0.717) is 12.2 Å². The van der Waals surface area contributed by atoms with Crippen molar-refractivity contribution in [3.63, 3.8) is 0 Å². The summed E-state index contributed by atoms with van der Waals surface area (Å²) in [6, 6.07) is 3.95. The van der Waals surface area contributed by atoms with Gasteiger partial charge in [-0.2, -0.15) is 0 Å². The Bertz CT molecular complexity index is 437. The van der Waals surface area contributed by atoms with Crippen LogP contribution in [0.3, 0.4) is 0 Å². The van der Waals surface area contributed by atoms with Crippen LogP contribution in [0.15, 0.2) is 12.1 Å². The lowest BCUT2D eigenvalue weighted by atomic mass is 10.0. The van der Waals surface area contributed by atoms with Crippen LogP contribution in [-0.2, 0) is 4.79 Å². The van der Waals surface area contributed by atoms with Crippen LogP contribution in [0.25, 0.3) is 0 Å². The van der Waals surface area contributed by atoms with E-state index < -0.39 is 11.6 Å². The van der Waals surface area contributed by atoms with Gasteiger partial charge in [-0.1, -0.05) is 13.0 Å². The van der Waals surface area contributed by atoms with Crippen molar-refractivity contribution in [2.75, 3.05) is 0 Å². The summed E-state index contributed by atoms with van der Waals surface area (Å²) in [7, 11) is 0. The third-order valence-corrected chi connectivity index (χ3v) is 3.23. The Morgan fingerprint density at radius 2 is 1.94 bits per heavy atom. The number of carboxylic acid groups (broad SMARTS) is 1. The molecule has 0 bridgehead atoms. The van der Waals surface area contributed by atoms with Gasteiger partial charge in [0.1, 0.15) is 5.75 Å². The van der Waals surface area contributed by atoms with Gasteiger partial charge in [0.15, 0.2) is 0 Å². The highest BCUT2D eigenvalue weighted by Gasteiger charge is 2.34. The first-order chi connectivity index (χ1) is 7.80. The number of hydrogen-bond acceptors (Lipinski definition) is 2. The second-order valence-electron chi connectivity index (χ2n) is 4.70. The molecule has 0 aliphatic carbocycles. The van der Waals surface area contributed by atoms with Gasteiger partial charge in [-0.25, -0.2) is 4.79 Å². The molecule has 0 saturated carbocycles. The Balaban J connectivity index is 3.14. The van der Waals surface area contributed by atoms with Crippen LogP contribution in [0, 0.1) is 20.8 Å². The summed E-state index contributed by atoms with van der Waals surface area (Å²) in [5, 5.41) is 9.20. The molecule has 0 fully saturated rings. The van der Waals surface area contributed by atoms with E-state index in [4.69, 9.17) is 4.74 Å². The van der Waals surface area contributed by atoms with Gasteiger partial charge in [-0.3, -0.25) is 0 Å². The Morgan fingerprint density at radius 1 is 1.35 bits per heavy atom. The molecule has 1 atom stereocenters. The normalized spacial score (nSPS) is 14.2. The SMILES string of the molecule is CCC(C)(Oc1cc(C)cc(C)c1C)C(=O)O. The molecule has 17 heavy (non-hydrogen) atoms. The summed E-state index contributed by atoms with van der Waals surface area (Å²) in [6.07, 6.45) is 0.425. The van der Waals surface area contributed by atoms with Crippen LogP contribution < -0.4 is 4.74 Å². The van der Waals surface area contributed by atoms with Gasteiger partial charge in [-0.05, 0) is 56.9 Å². The molecule has 0 amide bonds.